The van der Waals surface area contributed by atoms with Crippen LogP contribution in [0, 0.1) is 0 Å². The summed E-state index contributed by atoms with van der Waals surface area (Å²) in [5, 5.41) is 0. The molecule has 55 heavy (non-hydrogen) atoms. The molecule has 3 fully saturated rings. The lowest BCUT2D eigenvalue weighted by Gasteiger charge is -2.39. The Morgan fingerprint density at radius 1 is 0.127 bits per heavy atom. The first kappa shape index (κ1) is 49.6. The van der Waals surface area contributed by atoms with Gasteiger partial charge in [0.1, 0.15) is 0 Å². The molecule has 3 saturated carbocycles. The van der Waals surface area contributed by atoms with E-state index >= 15 is 0 Å². The highest BCUT2D eigenvalue weighted by Crippen LogP contribution is 2.46. The minimum Gasteiger partial charge on any atom is -0.0533 e. The summed E-state index contributed by atoms with van der Waals surface area (Å²) in [6.07, 6.45) is 78.5. The fourth-order valence-electron chi connectivity index (χ4n) is 11.7. The Labute approximate surface area is 351 Å². The summed E-state index contributed by atoms with van der Waals surface area (Å²) < 4.78 is 0. The quantitative estimate of drug-likeness (QED) is 0.250. The van der Waals surface area contributed by atoms with E-state index in [1.54, 1.807) is 116 Å². The van der Waals surface area contributed by atoms with E-state index in [0.717, 1.165) is 16.6 Å². The van der Waals surface area contributed by atoms with Gasteiger partial charge in [-0.25, -0.2) is 0 Å². The highest BCUT2D eigenvalue weighted by molar-refractivity contribution is 6.63. The van der Waals surface area contributed by atoms with Gasteiger partial charge in [-0.1, -0.05) is 327 Å². The average Bonchev–Trinajstić information content (AvgIpc) is 3.19. The van der Waals surface area contributed by atoms with Gasteiger partial charge < -0.3 is 0 Å². The zero-order valence-electron chi connectivity index (χ0n) is 38.3. The van der Waals surface area contributed by atoms with Crippen LogP contribution in [-0.2, 0) is 0 Å². The molecule has 0 unspecified atom stereocenters. The van der Waals surface area contributed by atoms with Crippen LogP contribution in [0.3, 0.4) is 0 Å². The molecule has 0 aromatic rings. The highest BCUT2D eigenvalue weighted by atomic mass is 28.3. The van der Waals surface area contributed by atoms with Crippen molar-refractivity contribution in [2.75, 3.05) is 0 Å². The van der Waals surface area contributed by atoms with Crippen LogP contribution in [0.2, 0.25) is 16.6 Å². The highest BCUT2D eigenvalue weighted by Gasteiger charge is 2.36. The van der Waals surface area contributed by atoms with Crippen molar-refractivity contribution in [1.29, 1.82) is 0 Å². The predicted octanol–water partition coefficient (Wildman–Crippen LogP) is 20.5. The molecule has 1 heteroatoms. The van der Waals surface area contributed by atoms with Gasteiger partial charge in [-0.2, -0.15) is 0 Å². The zero-order chi connectivity index (χ0) is 38.4. The van der Waals surface area contributed by atoms with Crippen molar-refractivity contribution in [2.24, 2.45) is 0 Å². The number of hydrogen-bond acceptors (Lipinski definition) is 0. The Hall–Kier alpha value is 0.217. The Morgan fingerprint density at radius 2 is 0.218 bits per heavy atom. The van der Waals surface area contributed by atoms with Gasteiger partial charge in [0.25, 0.3) is 0 Å². The van der Waals surface area contributed by atoms with Gasteiger partial charge in [0.15, 0.2) is 0 Å². The lowest BCUT2D eigenvalue weighted by Crippen LogP contribution is -2.33. The maximum Gasteiger partial charge on any atom is 0.0578 e. The van der Waals surface area contributed by atoms with E-state index in [1.165, 1.54) is 212 Å². The van der Waals surface area contributed by atoms with Gasteiger partial charge in [0, 0.05) is 0 Å². The van der Waals surface area contributed by atoms with Crippen LogP contribution < -0.4 is 0 Å². The number of hydrogen-bond donors (Lipinski definition) is 0. The second kappa shape index (κ2) is 38.4. The largest absolute Gasteiger partial charge is 0.0578 e. The summed E-state index contributed by atoms with van der Waals surface area (Å²) in [7, 11) is -0.426. The normalized spacial score (nSPS) is 25.7. The second-order valence-electron chi connectivity index (χ2n) is 20.2. The summed E-state index contributed by atoms with van der Waals surface area (Å²) in [5.74, 6) is 0. The van der Waals surface area contributed by atoms with E-state index in [0.29, 0.717) is 0 Å². The number of rotatable bonds is 3. The molecule has 0 nitrogen and oxygen atoms in total. The van der Waals surface area contributed by atoms with Gasteiger partial charge in [0.05, 0.1) is 8.80 Å². The first-order valence-electron chi connectivity index (χ1n) is 27.3. The van der Waals surface area contributed by atoms with Crippen LogP contribution >= 0.6 is 0 Å². The van der Waals surface area contributed by atoms with Gasteiger partial charge in [-0.15, -0.1) is 0 Å². The van der Waals surface area contributed by atoms with Gasteiger partial charge in [-0.3, -0.25) is 0 Å². The molecule has 0 N–H and O–H groups in total. The molecule has 1 radical (unpaired) electrons. The standard InChI is InChI=1S/C54H105Si/c1-4-10-16-22-28-34-40-46-52(47-41-35-29-23-17-11-5-1)55(53-48-42-36-30-24-18-12-6-2-7-13-19-25-31-37-43-49-53)54-50-44-38-32-26-20-14-8-3-9-15-21-27-33-39-45-51-54/h52-54H,1-51H2. The predicted molar refractivity (Wildman–Crippen MR) is 252 cm³/mol. The van der Waals surface area contributed by atoms with E-state index in [9.17, 15) is 0 Å². The Morgan fingerprint density at radius 3 is 0.327 bits per heavy atom. The van der Waals surface area contributed by atoms with Crippen molar-refractivity contribution < 1.29 is 0 Å². The molecule has 3 rings (SSSR count). The van der Waals surface area contributed by atoms with E-state index in [-0.39, 0.29) is 0 Å². The Balaban J connectivity index is 1.80. The molecule has 0 saturated heterocycles. The average molecular weight is 783 g/mol. The minimum absolute atomic E-state index is 0.426. The van der Waals surface area contributed by atoms with Gasteiger partial charge in [0.2, 0.25) is 0 Å². The molecular weight excluding hydrogens is 677 g/mol. The smallest absolute Gasteiger partial charge is 0.0533 e. The van der Waals surface area contributed by atoms with Crippen LogP contribution in [0.4, 0.5) is 0 Å². The van der Waals surface area contributed by atoms with E-state index < -0.39 is 8.80 Å². The van der Waals surface area contributed by atoms with E-state index in [1.807, 2.05) is 0 Å². The first-order chi connectivity index (χ1) is 27.4. The van der Waals surface area contributed by atoms with E-state index in [2.05, 4.69) is 0 Å². The monoisotopic (exact) mass is 782 g/mol. The van der Waals surface area contributed by atoms with Gasteiger partial charge >= 0.3 is 0 Å². The van der Waals surface area contributed by atoms with Crippen molar-refractivity contribution in [2.45, 2.75) is 344 Å². The minimum atomic E-state index is -0.426. The summed E-state index contributed by atoms with van der Waals surface area (Å²) in [6, 6.07) is 0. The SMILES string of the molecule is C1CCCCCCCCC([Si](C2CCCCCCCCCCCCCCCCC2)C2CCCCCCCCCCCCCCCCC2)CCCCCCCC1. The molecule has 0 heterocycles. The third-order valence-corrected chi connectivity index (χ3v) is 19.8. The van der Waals surface area contributed by atoms with Crippen LogP contribution in [-0.4, -0.2) is 8.80 Å². The van der Waals surface area contributed by atoms with Crippen molar-refractivity contribution >= 4 is 8.80 Å². The summed E-state index contributed by atoms with van der Waals surface area (Å²) in [4.78, 5) is 0. The fraction of sp³-hybridized carbons (Fsp3) is 1.00. The molecule has 0 aliphatic heterocycles. The summed E-state index contributed by atoms with van der Waals surface area (Å²) in [5.41, 5.74) is 3.36. The molecular formula is C54H105Si. The van der Waals surface area contributed by atoms with Crippen molar-refractivity contribution in [1.82, 2.24) is 0 Å². The Kier molecular flexibility index (Phi) is 34.6. The maximum absolute atomic E-state index is 1.63. The lowest BCUT2D eigenvalue weighted by molar-refractivity contribution is 0.465. The van der Waals surface area contributed by atoms with Crippen molar-refractivity contribution in [3.63, 3.8) is 0 Å². The van der Waals surface area contributed by atoms with Crippen LogP contribution in [0.1, 0.15) is 327 Å². The molecule has 0 bridgehead atoms. The van der Waals surface area contributed by atoms with Gasteiger partial charge in [-0.05, 0) is 16.6 Å². The molecule has 0 atom stereocenters. The molecule has 0 aromatic heterocycles. The lowest BCUT2D eigenvalue weighted by atomic mass is 10.0. The summed E-state index contributed by atoms with van der Waals surface area (Å²) >= 11 is 0. The van der Waals surface area contributed by atoms with Crippen LogP contribution in [0.5, 0.6) is 0 Å². The zero-order valence-corrected chi connectivity index (χ0v) is 39.3. The Bertz CT molecular complexity index is 606. The molecule has 325 valence electrons. The van der Waals surface area contributed by atoms with Crippen LogP contribution in [0.15, 0.2) is 0 Å². The van der Waals surface area contributed by atoms with Crippen LogP contribution in [0.25, 0.3) is 0 Å². The fourth-order valence-corrected chi connectivity index (χ4v) is 16.9. The first-order valence-corrected chi connectivity index (χ1v) is 29.0. The summed E-state index contributed by atoms with van der Waals surface area (Å²) in [6.45, 7) is 0. The molecule has 3 aliphatic carbocycles. The molecule has 0 amide bonds. The maximum atomic E-state index is 1.63. The van der Waals surface area contributed by atoms with E-state index in [4.69, 9.17) is 0 Å². The van der Waals surface area contributed by atoms with Crippen molar-refractivity contribution in [3.8, 4) is 0 Å². The molecule has 0 aromatic carbocycles. The second-order valence-corrected chi connectivity index (χ2v) is 23.7. The third kappa shape index (κ3) is 28.3. The van der Waals surface area contributed by atoms with Crippen molar-refractivity contribution in [3.05, 3.63) is 0 Å². The molecule has 0 spiro atoms. The third-order valence-electron chi connectivity index (χ3n) is 15.2. The molecule has 3 aliphatic rings. The topological polar surface area (TPSA) is 0 Å².